The van der Waals surface area contributed by atoms with Gasteiger partial charge < -0.3 is 10.2 Å². The van der Waals surface area contributed by atoms with Crippen molar-refractivity contribution >= 4 is 17.4 Å². The zero-order valence-electron chi connectivity index (χ0n) is 11.6. The number of nitrogens with zero attached hydrogens (tertiary/aromatic N) is 1. The van der Waals surface area contributed by atoms with Crippen LogP contribution in [0.1, 0.15) is 26.7 Å². The molecule has 0 radical (unpaired) electrons. The van der Waals surface area contributed by atoms with Gasteiger partial charge in [-0.25, -0.2) is 0 Å². The number of rotatable bonds is 4. The van der Waals surface area contributed by atoms with E-state index >= 15 is 0 Å². The van der Waals surface area contributed by atoms with E-state index < -0.39 is 0 Å². The van der Waals surface area contributed by atoms with Gasteiger partial charge in [0.25, 0.3) is 0 Å². The summed E-state index contributed by atoms with van der Waals surface area (Å²) in [6.45, 7) is 6.79. The molecule has 0 saturated carbocycles. The van der Waals surface area contributed by atoms with Crippen molar-refractivity contribution < 1.29 is 0 Å². The Morgan fingerprint density at radius 1 is 1.22 bits per heavy atom. The molecule has 3 heteroatoms. The molecule has 1 aromatic carbocycles. The normalized spacial score (nSPS) is 24.3. The van der Waals surface area contributed by atoms with E-state index in [0.29, 0.717) is 12.1 Å². The number of anilines is 1. The lowest BCUT2D eigenvalue weighted by molar-refractivity contribution is 0.379. The molecule has 1 saturated heterocycles. The zero-order chi connectivity index (χ0) is 13.0. The second kappa shape index (κ2) is 6.48. The average molecular weight is 264 g/mol. The summed E-state index contributed by atoms with van der Waals surface area (Å²) in [5.74, 6) is 0. The molecular weight excluding hydrogens is 240 g/mol. The van der Waals surface area contributed by atoms with Gasteiger partial charge in [0.15, 0.2) is 0 Å². The van der Waals surface area contributed by atoms with Crippen LogP contribution in [0.4, 0.5) is 5.69 Å². The first-order valence-corrected chi connectivity index (χ1v) is 8.15. The summed E-state index contributed by atoms with van der Waals surface area (Å²) in [7, 11) is 0. The molecule has 0 aliphatic carbocycles. The lowest BCUT2D eigenvalue weighted by atomic mass is 10.0. The summed E-state index contributed by atoms with van der Waals surface area (Å²) >= 11 is 1.80. The van der Waals surface area contributed by atoms with E-state index in [9.17, 15) is 0 Å². The second-order valence-electron chi connectivity index (χ2n) is 4.93. The summed E-state index contributed by atoms with van der Waals surface area (Å²) in [6.07, 6.45) is 4.53. The minimum atomic E-state index is 0.632. The maximum atomic E-state index is 3.65. The van der Waals surface area contributed by atoms with Gasteiger partial charge in [0.05, 0.1) is 0 Å². The molecule has 1 N–H and O–H groups in total. The third-order valence-electron chi connectivity index (χ3n) is 3.87. The van der Waals surface area contributed by atoms with Crippen LogP contribution >= 0.6 is 11.8 Å². The highest BCUT2D eigenvalue weighted by atomic mass is 32.2. The third kappa shape index (κ3) is 3.01. The van der Waals surface area contributed by atoms with Gasteiger partial charge in [-0.15, -0.1) is 11.8 Å². The van der Waals surface area contributed by atoms with E-state index in [2.05, 4.69) is 54.6 Å². The second-order valence-corrected chi connectivity index (χ2v) is 5.81. The Labute approximate surface area is 115 Å². The fourth-order valence-corrected chi connectivity index (χ4v) is 3.00. The first-order valence-electron chi connectivity index (χ1n) is 6.92. The topological polar surface area (TPSA) is 15.3 Å². The first kappa shape index (κ1) is 13.8. The van der Waals surface area contributed by atoms with Gasteiger partial charge in [-0.05, 0) is 43.4 Å². The van der Waals surface area contributed by atoms with Crippen LogP contribution in [-0.2, 0) is 0 Å². The molecule has 2 rings (SSSR count). The molecule has 18 heavy (non-hydrogen) atoms. The van der Waals surface area contributed by atoms with Gasteiger partial charge in [-0.3, -0.25) is 0 Å². The number of hydrogen-bond donors (Lipinski definition) is 1. The van der Waals surface area contributed by atoms with E-state index in [1.807, 2.05) is 0 Å². The summed E-state index contributed by atoms with van der Waals surface area (Å²) in [4.78, 5) is 3.92. The molecule has 2 nitrogen and oxygen atoms in total. The Balaban J connectivity index is 2.15. The van der Waals surface area contributed by atoms with Gasteiger partial charge in [0.2, 0.25) is 0 Å². The van der Waals surface area contributed by atoms with E-state index in [1.54, 1.807) is 11.8 Å². The van der Waals surface area contributed by atoms with Gasteiger partial charge in [0.1, 0.15) is 0 Å². The van der Waals surface area contributed by atoms with Gasteiger partial charge in [-0.1, -0.05) is 13.8 Å². The fraction of sp³-hybridized carbons (Fsp3) is 0.600. The molecule has 1 aliphatic rings. The first-order chi connectivity index (χ1) is 8.78. The third-order valence-corrected chi connectivity index (χ3v) is 4.61. The maximum Gasteiger partial charge on any atom is 0.0412 e. The van der Waals surface area contributed by atoms with Crippen molar-refractivity contribution in [3.63, 3.8) is 0 Å². The van der Waals surface area contributed by atoms with Crippen LogP contribution < -0.4 is 10.2 Å². The Morgan fingerprint density at radius 3 is 2.50 bits per heavy atom. The summed E-state index contributed by atoms with van der Waals surface area (Å²) in [5.41, 5.74) is 1.37. The highest BCUT2D eigenvalue weighted by Gasteiger charge is 2.25. The molecule has 2 unspecified atom stereocenters. The smallest absolute Gasteiger partial charge is 0.0412 e. The lowest BCUT2D eigenvalue weighted by Gasteiger charge is -2.41. The van der Waals surface area contributed by atoms with Gasteiger partial charge in [0, 0.05) is 35.8 Å². The maximum absolute atomic E-state index is 3.65. The van der Waals surface area contributed by atoms with Gasteiger partial charge >= 0.3 is 0 Å². The Hall–Kier alpha value is -0.670. The minimum Gasteiger partial charge on any atom is -0.366 e. The Bertz CT molecular complexity index is 363. The standard InChI is InChI=1S/C15H24N2S/c1-4-12-11-17(13(5-2)10-16-12)14-6-8-15(18-3)9-7-14/h6-9,12-13,16H,4-5,10-11H2,1-3H3. The van der Waals surface area contributed by atoms with Crippen LogP contribution in [-0.4, -0.2) is 31.4 Å². The van der Waals surface area contributed by atoms with Crippen LogP contribution in [0.3, 0.4) is 0 Å². The molecule has 0 amide bonds. The fourth-order valence-electron chi connectivity index (χ4n) is 2.59. The predicted octanol–water partition coefficient (Wildman–Crippen LogP) is 3.38. The molecular formula is C15H24N2S. The monoisotopic (exact) mass is 264 g/mol. The van der Waals surface area contributed by atoms with Crippen molar-refractivity contribution in [3.8, 4) is 0 Å². The van der Waals surface area contributed by atoms with Crippen LogP contribution in [0, 0.1) is 0 Å². The van der Waals surface area contributed by atoms with Crippen molar-refractivity contribution in [3.05, 3.63) is 24.3 Å². The molecule has 1 aliphatic heterocycles. The van der Waals surface area contributed by atoms with Crippen molar-refractivity contribution in [1.82, 2.24) is 5.32 Å². The van der Waals surface area contributed by atoms with E-state index in [1.165, 1.54) is 23.4 Å². The number of nitrogens with one attached hydrogen (secondary N) is 1. The molecule has 1 fully saturated rings. The highest BCUT2D eigenvalue weighted by molar-refractivity contribution is 7.98. The van der Waals surface area contributed by atoms with E-state index in [4.69, 9.17) is 0 Å². The molecule has 1 heterocycles. The van der Waals surface area contributed by atoms with E-state index in [-0.39, 0.29) is 0 Å². The summed E-state index contributed by atoms with van der Waals surface area (Å²) in [5, 5.41) is 3.65. The van der Waals surface area contributed by atoms with Crippen LogP contribution in [0.15, 0.2) is 29.2 Å². The largest absolute Gasteiger partial charge is 0.366 e. The van der Waals surface area contributed by atoms with E-state index in [0.717, 1.165) is 13.1 Å². The predicted molar refractivity (Wildman–Crippen MR) is 81.7 cm³/mol. The van der Waals surface area contributed by atoms with Crippen LogP contribution in [0.5, 0.6) is 0 Å². The van der Waals surface area contributed by atoms with Crippen LogP contribution in [0.25, 0.3) is 0 Å². The lowest BCUT2D eigenvalue weighted by Crippen LogP contribution is -2.56. The molecule has 2 atom stereocenters. The zero-order valence-corrected chi connectivity index (χ0v) is 12.5. The average Bonchev–Trinajstić information content (AvgIpc) is 2.46. The summed E-state index contributed by atoms with van der Waals surface area (Å²) < 4.78 is 0. The highest BCUT2D eigenvalue weighted by Crippen LogP contribution is 2.25. The van der Waals surface area contributed by atoms with Crippen molar-refractivity contribution in [2.45, 2.75) is 43.7 Å². The number of thioether (sulfide) groups is 1. The SMILES string of the molecule is CCC1CN(c2ccc(SC)cc2)C(CC)CN1. The molecule has 100 valence electrons. The molecule has 0 bridgehead atoms. The van der Waals surface area contributed by atoms with Crippen molar-refractivity contribution in [1.29, 1.82) is 0 Å². The number of benzene rings is 1. The number of hydrogen-bond acceptors (Lipinski definition) is 3. The molecule has 1 aromatic rings. The van der Waals surface area contributed by atoms with Crippen molar-refractivity contribution in [2.24, 2.45) is 0 Å². The number of piperazine rings is 1. The Kier molecular flexibility index (Phi) is 4.95. The van der Waals surface area contributed by atoms with Gasteiger partial charge in [-0.2, -0.15) is 0 Å². The van der Waals surface area contributed by atoms with Crippen LogP contribution in [0.2, 0.25) is 0 Å². The summed E-state index contributed by atoms with van der Waals surface area (Å²) in [6, 6.07) is 10.3. The Morgan fingerprint density at radius 2 is 1.94 bits per heavy atom. The quantitative estimate of drug-likeness (QED) is 0.839. The van der Waals surface area contributed by atoms with Crippen molar-refractivity contribution in [2.75, 3.05) is 24.2 Å². The molecule has 0 aromatic heterocycles. The minimum absolute atomic E-state index is 0.632. The molecule has 0 spiro atoms.